The first-order valence-corrected chi connectivity index (χ1v) is 15.7. The van der Waals surface area contributed by atoms with Gasteiger partial charge in [-0.15, -0.1) is 0 Å². The number of aliphatic carboxylic acids is 4. The zero-order valence-electron chi connectivity index (χ0n) is 27.4. The number of hydrogen-bond donors (Lipinski definition) is 0. The summed E-state index contributed by atoms with van der Waals surface area (Å²) in [7, 11) is 0. The molecule has 0 aromatic carbocycles. The molecule has 0 N–H and O–H groups in total. The molecule has 240 valence electrons. The summed E-state index contributed by atoms with van der Waals surface area (Å²) < 4.78 is 0. The largest absolute Gasteiger partial charge is 4.00 e. The van der Waals surface area contributed by atoms with Crippen LogP contribution in [0, 0.1) is 65.4 Å². The molecule has 9 heteroatoms. The van der Waals surface area contributed by atoms with E-state index in [1.165, 1.54) is 0 Å². The summed E-state index contributed by atoms with van der Waals surface area (Å²) in [4.78, 5) is 41.3. The Bertz CT molecular complexity index is 509. The Morgan fingerprint density at radius 1 is 0.390 bits per heavy atom. The zero-order valence-corrected chi connectivity index (χ0v) is 30.5. The van der Waals surface area contributed by atoms with Gasteiger partial charge >= 0.3 is 41.7 Å². The van der Waals surface area contributed by atoms with E-state index in [-0.39, 0.29) is 65.4 Å². The van der Waals surface area contributed by atoms with Gasteiger partial charge in [-0.2, -0.15) is 0 Å². The van der Waals surface area contributed by atoms with E-state index in [0.717, 1.165) is 77.0 Å². The number of hydrogen-bond acceptors (Lipinski definition) is 8. The molecule has 0 saturated carbocycles. The maximum Gasteiger partial charge on any atom is 4.00 e. The molecule has 8 nitrogen and oxygen atoms in total. The van der Waals surface area contributed by atoms with Gasteiger partial charge in [-0.05, 0) is 75.0 Å². The molecule has 0 spiro atoms. The van der Waals surface area contributed by atoms with Gasteiger partial charge in [-0.1, -0.05) is 107 Å². The molecule has 0 rings (SSSR count). The van der Waals surface area contributed by atoms with Crippen molar-refractivity contribution in [1.82, 2.24) is 0 Å². The second-order valence-corrected chi connectivity index (χ2v) is 10.3. The second-order valence-electron chi connectivity index (χ2n) is 10.3. The molecule has 41 heavy (non-hydrogen) atoms. The maximum absolute atomic E-state index is 10.3. The van der Waals surface area contributed by atoms with Crippen LogP contribution in [0.5, 0.6) is 0 Å². The van der Waals surface area contributed by atoms with Crippen molar-refractivity contribution in [3.05, 3.63) is 0 Å². The first-order chi connectivity index (χ1) is 18.9. The van der Waals surface area contributed by atoms with Crippen LogP contribution >= 0.6 is 0 Å². The van der Waals surface area contributed by atoms with Crippen LogP contribution in [0.3, 0.4) is 0 Å². The van der Waals surface area contributed by atoms with E-state index in [0.29, 0.717) is 25.7 Å². The number of rotatable bonds is 20. The van der Waals surface area contributed by atoms with Crippen molar-refractivity contribution < 1.29 is 81.4 Å². The van der Waals surface area contributed by atoms with E-state index in [1.54, 1.807) is 0 Å². The van der Waals surface area contributed by atoms with Gasteiger partial charge in [0.25, 0.3) is 0 Å². The van der Waals surface area contributed by atoms with Crippen molar-refractivity contribution in [1.29, 1.82) is 0 Å². The van der Waals surface area contributed by atoms with E-state index in [9.17, 15) is 39.6 Å². The molecule has 0 aromatic rings. The molecule has 0 amide bonds. The van der Waals surface area contributed by atoms with Crippen molar-refractivity contribution >= 4 is 23.9 Å². The maximum atomic E-state index is 10.3. The fourth-order valence-corrected chi connectivity index (χ4v) is 3.76. The Morgan fingerprint density at radius 2 is 0.537 bits per heavy atom. The summed E-state index contributed by atoms with van der Waals surface area (Å²) in [5.41, 5.74) is 0. The molecule has 0 aliphatic heterocycles. The van der Waals surface area contributed by atoms with Crippen LogP contribution in [0.15, 0.2) is 0 Å². The molecule has 0 heterocycles. The second kappa shape index (κ2) is 37.3. The number of carbonyl (C=O) groups excluding carboxylic acids is 4. The molecular formula is C32H60CeO8. The van der Waals surface area contributed by atoms with Crippen molar-refractivity contribution in [2.75, 3.05) is 0 Å². The Morgan fingerprint density at radius 3 is 0.610 bits per heavy atom. The predicted molar refractivity (Wildman–Crippen MR) is 153 cm³/mol. The van der Waals surface area contributed by atoms with E-state index < -0.39 is 23.9 Å². The molecule has 0 radical (unpaired) electrons. The van der Waals surface area contributed by atoms with Gasteiger partial charge in [-0.25, -0.2) is 0 Å². The smallest absolute Gasteiger partial charge is 0.550 e. The number of carbonyl (C=O) groups is 4. The number of unbranched alkanes of at least 4 members (excludes halogenated alkanes) is 4. The zero-order chi connectivity index (χ0) is 31.9. The van der Waals surface area contributed by atoms with E-state index >= 15 is 0 Å². The molecule has 0 aromatic heterocycles. The topological polar surface area (TPSA) is 161 Å². The first-order valence-electron chi connectivity index (χ1n) is 15.7. The Labute approximate surface area is 285 Å². The summed E-state index contributed by atoms with van der Waals surface area (Å²) in [6, 6.07) is 0. The third-order valence-corrected chi connectivity index (χ3v) is 6.93. The fourth-order valence-electron chi connectivity index (χ4n) is 3.76. The monoisotopic (exact) mass is 712 g/mol. The van der Waals surface area contributed by atoms with Crippen LogP contribution in [-0.2, 0) is 19.2 Å². The molecule has 4 unspecified atom stereocenters. The molecule has 0 fully saturated rings. The quantitative estimate of drug-likeness (QED) is 0.184. The standard InChI is InChI=1S/4C8H16O2.Ce/c4*1-3-5-6-7(4-2)8(9)10;/h4*7H,3-6H2,1-2H3,(H,9,10);/q;;;;+4/p-4. The Balaban J connectivity index is -0.000000139. The molecule has 0 aliphatic carbocycles. The summed E-state index contributed by atoms with van der Waals surface area (Å²) in [6.45, 7) is 15.8. The van der Waals surface area contributed by atoms with Gasteiger partial charge in [0.05, 0.1) is 0 Å². The number of carboxylic acid groups (broad SMARTS) is 4. The van der Waals surface area contributed by atoms with Crippen LogP contribution < -0.4 is 20.4 Å². The van der Waals surface area contributed by atoms with Crippen molar-refractivity contribution in [2.45, 2.75) is 158 Å². The van der Waals surface area contributed by atoms with Crippen molar-refractivity contribution in [3.8, 4) is 0 Å². The van der Waals surface area contributed by atoms with Crippen molar-refractivity contribution in [3.63, 3.8) is 0 Å². The number of carboxylic acids is 4. The van der Waals surface area contributed by atoms with Crippen LogP contribution in [0.25, 0.3) is 0 Å². The summed E-state index contributed by atoms with van der Waals surface area (Å²) in [5.74, 6) is -4.46. The predicted octanol–water partition coefficient (Wildman–Crippen LogP) is 3.81. The average Bonchev–Trinajstić information content (AvgIpc) is 2.91. The van der Waals surface area contributed by atoms with Crippen LogP contribution in [0.2, 0.25) is 0 Å². The van der Waals surface area contributed by atoms with Gasteiger partial charge in [0.2, 0.25) is 0 Å². The molecule has 4 atom stereocenters. The average molecular weight is 713 g/mol. The van der Waals surface area contributed by atoms with Gasteiger partial charge < -0.3 is 39.6 Å². The van der Waals surface area contributed by atoms with E-state index in [4.69, 9.17) is 0 Å². The summed E-state index contributed by atoms with van der Waals surface area (Å²) in [5, 5.41) is 41.3. The van der Waals surface area contributed by atoms with Crippen LogP contribution in [0.1, 0.15) is 158 Å². The van der Waals surface area contributed by atoms with Gasteiger partial charge in [0.1, 0.15) is 0 Å². The van der Waals surface area contributed by atoms with Crippen LogP contribution in [0.4, 0.5) is 0 Å². The first kappa shape index (κ1) is 49.9. The Kier molecular flexibility index (Phi) is 45.4. The molecule has 0 aliphatic rings. The molecular weight excluding hydrogens is 652 g/mol. The van der Waals surface area contributed by atoms with E-state index in [1.807, 2.05) is 27.7 Å². The SMILES string of the molecule is CCCCC(CC)C(=O)[O-].CCCCC(CC)C(=O)[O-].CCCCC(CC)C(=O)[O-].CCCCC(CC)C(=O)[O-].[Ce+4]. The minimum atomic E-state index is -0.893. The molecule has 0 saturated heterocycles. The fraction of sp³-hybridized carbons (Fsp3) is 0.875. The third kappa shape index (κ3) is 35.4. The molecule has 0 bridgehead atoms. The van der Waals surface area contributed by atoms with Gasteiger partial charge in [0, 0.05) is 23.9 Å². The minimum Gasteiger partial charge on any atom is -0.550 e. The Hall–Kier alpha value is -0.743. The van der Waals surface area contributed by atoms with Gasteiger partial charge in [0.15, 0.2) is 0 Å². The van der Waals surface area contributed by atoms with Crippen molar-refractivity contribution in [2.24, 2.45) is 23.7 Å². The summed E-state index contributed by atoms with van der Waals surface area (Å²) in [6.07, 6.45) is 14.1. The van der Waals surface area contributed by atoms with Crippen LogP contribution in [-0.4, -0.2) is 23.9 Å². The van der Waals surface area contributed by atoms with Gasteiger partial charge in [-0.3, -0.25) is 0 Å². The van der Waals surface area contributed by atoms with E-state index in [2.05, 4.69) is 27.7 Å². The summed E-state index contributed by atoms with van der Waals surface area (Å²) >= 11 is 0. The normalized spacial score (nSPS) is 12.7. The minimum absolute atomic E-state index is 0. The third-order valence-electron chi connectivity index (χ3n) is 6.93.